The Morgan fingerprint density at radius 3 is 2.29 bits per heavy atom. The standard InChI is InChI=1S/C12H28N4O/c1-6-16(9-7-8-15(4)5)10-12(2,14-3)11(13)17/h14H,6-10H2,1-5H3,(H2,13,17). The maximum atomic E-state index is 11.4. The van der Waals surface area contributed by atoms with Gasteiger partial charge in [0.05, 0.1) is 0 Å². The quantitative estimate of drug-likeness (QED) is 0.586. The Morgan fingerprint density at radius 2 is 1.94 bits per heavy atom. The van der Waals surface area contributed by atoms with Crippen molar-refractivity contribution in [3.63, 3.8) is 0 Å². The summed E-state index contributed by atoms with van der Waals surface area (Å²) in [6.07, 6.45) is 1.10. The minimum Gasteiger partial charge on any atom is -0.368 e. The van der Waals surface area contributed by atoms with Crippen molar-refractivity contribution >= 4 is 5.91 Å². The molecule has 0 aliphatic rings. The van der Waals surface area contributed by atoms with Crippen LogP contribution in [-0.4, -0.2) is 68.6 Å². The fourth-order valence-corrected chi connectivity index (χ4v) is 1.69. The average Bonchev–Trinajstić information content (AvgIpc) is 2.26. The van der Waals surface area contributed by atoms with Crippen LogP contribution in [-0.2, 0) is 4.79 Å². The molecule has 0 spiro atoms. The number of likely N-dealkylation sites (N-methyl/N-ethyl adjacent to an activating group) is 2. The highest BCUT2D eigenvalue weighted by Gasteiger charge is 2.30. The second kappa shape index (κ2) is 7.63. The zero-order chi connectivity index (χ0) is 13.5. The molecule has 0 bridgehead atoms. The van der Waals surface area contributed by atoms with Crippen LogP contribution in [0.5, 0.6) is 0 Å². The highest BCUT2D eigenvalue weighted by atomic mass is 16.1. The van der Waals surface area contributed by atoms with E-state index in [2.05, 4.69) is 36.1 Å². The monoisotopic (exact) mass is 244 g/mol. The van der Waals surface area contributed by atoms with E-state index in [1.165, 1.54) is 0 Å². The van der Waals surface area contributed by atoms with Gasteiger partial charge in [-0.15, -0.1) is 0 Å². The maximum absolute atomic E-state index is 11.4. The van der Waals surface area contributed by atoms with Crippen LogP contribution in [0.25, 0.3) is 0 Å². The van der Waals surface area contributed by atoms with E-state index in [-0.39, 0.29) is 5.91 Å². The zero-order valence-corrected chi connectivity index (χ0v) is 11.9. The predicted octanol–water partition coefficient (Wildman–Crippen LogP) is -0.277. The van der Waals surface area contributed by atoms with Crippen molar-refractivity contribution in [3.05, 3.63) is 0 Å². The molecule has 0 heterocycles. The first-order valence-electron chi connectivity index (χ1n) is 6.21. The molecule has 1 atom stereocenters. The summed E-state index contributed by atoms with van der Waals surface area (Å²) < 4.78 is 0. The Labute approximate surface area is 105 Å². The van der Waals surface area contributed by atoms with Gasteiger partial charge in [-0.3, -0.25) is 4.79 Å². The van der Waals surface area contributed by atoms with E-state index in [4.69, 9.17) is 5.73 Å². The van der Waals surface area contributed by atoms with Gasteiger partial charge in [-0.1, -0.05) is 6.92 Å². The molecular formula is C12H28N4O. The van der Waals surface area contributed by atoms with Gasteiger partial charge in [-0.2, -0.15) is 0 Å². The molecule has 0 aliphatic carbocycles. The largest absolute Gasteiger partial charge is 0.368 e. The van der Waals surface area contributed by atoms with Crippen LogP contribution in [0.1, 0.15) is 20.3 Å². The third-order valence-electron chi connectivity index (χ3n) is 3.16. The predicted molar refractivity (Wildman–Crippen MR) is 71.9 cm³/mol. The maximum Gasteiger partial charge on any atom is 0.238 e. The Morgan fingerprint density at radius 1 is 1.35 bits per heavy atom. The minimum absolute atomic E-state index is 0.300. The minimum atomic E-state index is -0.645. The lowest BCUT2D eigenvalue weighted by atomic mass is 10.0. The van der Waals surface area contributed by atoms with Crippen molar-refractivity contribution in [2.24, 2.45) is 5.73 Å². The second-order valence-corrected chi connectivity index (χ2v) is 4.97. The number of amides is 1. The summed E-state index contributed by atoms with van der Waals surface area (Å²) in [6.45, 7) is 7.58. The molecule has 1 unspecified atom stereocenters. The Balaban J connectivity index is 4.23. The molecule has 1 amide bonds. The molecule has 0 saturated carbocycles. The van der Waals surface area contributed by atoms with Gasteiger partial charge in [0.1, 0.15) is 5.54 Å². The molecule has 0 rings (SSSR count). The van der Waals surface area contributed by atoms with Crippen LogP contribution >= 0.6 is 0 Å². The fraction of sp³-hybridized carbons (Fsp3) is 0.917. The third-order valence-corrected chi connectivity index (χ3v) is 3.16. The Bertz CT molecular complexity index is 233. The molecule has 0 aromatic rings. The highest BCUT2D eigenvalue weighted by Crippen LogP contribution is 2.06. The van der Waals surface area contributed by atoms with Gasteiger partial charge in [0.15, 0.2) is 0 Å². The van der Waals surface area contributed by atoms with Gasteiger partial charge in [0.2, 0.25) is 5.91 Å². The summed E-state index contributed by atoms with van der Waals surface area (Å²) >= 11 is 0. The van der Waals surface area contributed by atoms with E-state index in [0.717, 1.165) is 26.1 Å². The number of carbonyl (C=O) groups is 1. The van der Waals surface area contributed by atoms with Crippen LogP contribution in [0.3, 0.4) is 0 Å². The highest BCUT2D eigenvalue weighted by molar-refractivity contribution is 5.84. The van der Waals surface area contributed by atoms with Gasteiger partial charge < -0.3 is 20.9 Å². The number of nitrogens with two attached hydrogens (primary N) is 1. The lowest BCUT2D eigenvalue weighted by Crippen LogP contribution is -2.58. The van der Waals surface area contributed by atoms with E-state index >= 15 is 0 Å². The van der Waals surface area contributed by atoms with E-state index in [1.807, 2.05) is 6.92 Å². The fourth-order valence-electron chi connectivity index (χ4n) is 1.69. The molecule has 5 heteroatoms. The summed E-state index contributed by atoms with van der Waals surface area (Å²) in [5.74, 6) is -0.300. The average molecular weight is 244 g/mol. The van der Waals surface area contributed by atoms with Crippen molar-refractivity contribution in [3.8, 4) is 0 Å². The normalized spacial score (nSPS) is 15.2. The molecular weight excluding hydrogens is 216 g/mol. The summed E-state index contributed by atoms with van der Waals surface area (Å²) in [5.41, 5.74) is 4.78. The van der Waals surface area contributed by atoms with E-state index in [9.17, 15) is 4.79 Å². The Hall–Kier alpha value is -0.650. The van der Waals surface area contributed by atoms with Crippen molar-refractivity contribution in [2.75, 3.05) is 47.3 Å². The first-order chi connectivity index (χ1) is 7.85. The zero-order valence-electron chi connectivity index (χ0n) is 11.9. The van der Waals surface area contributed by atoms with E-state index in [1.54, 1.807) is 7.05 Å². The summed E-state index contributed by atoms with van der Waals surface area (Å²) in [4.78, 5) is 15.8. The van der Waals surface area contributed by atoms with E-state index < -0.39 is 5.54 Å². The number of nitrogens with zero attached hydrogens (tertiary/aromatic N) is 2. The summed E-state index contributed by atoms with van der Waals surface area (Å²) in [7, 11) is 5.91. The van der Waals surface area contributed by atoms with E-state index in [0.29, 0.717) is 6.54 Å². The molecule has 102 valence electrons. The summed E-state index contributed by atoms with van der Waals surface area (Å²) in [6, 6.07) is 0. The van der Waals surface area contributed by atoms with Crippen LogP contribution in [0.15, 0.2) is 0 Å². The van der Waals surface area contributed by atoms with Gasteiger partial charge in [-0.25, -0.2) is 0 Å². The lowest BCUT2D eigenvalue weighted by molar-refractivity contribution is -0.124. The number of rotatable bonds is 9. The van der Waals surface area contributed by atoms with Crippen LogP contribution < -0.4 is 11.1 Å². The molecule has 0 saturated heterocycles. The third kappa shape index (κ3) is 6.00. The lowest BCUT2D eigenvalue weighted by Gasteiger charge is -2.32. The topological polar surface area (TPSA) is 61.6 Å². The molecule has 3 N–H and O–H groups in total. The van der Waals surface area contributed by atoms with Crippen LogP contribution in [0.2, 0.25) is 0 Å². The SMILES string of the molecule is CCN(CCCN(C)C)CC(C)(NC)C(N)=O. The molecule has 0 aromatic carbocycles. The number of carbonyl (C=O) groups excluding carboxylic acids is 1. The first-order valence-corrected chi connectivity index (χ1v) is 6.21. The van der Waals surface area contributed by atoms with Gasteiger partial charge in [0, 0.05) is 6.54 Å². The molecule has 0 radical (unpaired) electrons. The molecule has 17 heavy (non-hydrogen) atoms. The van der Waals surface area contributed by atoms with Crippen LogP contribution in [0, 0.1) is 0 Å². The van der Waals surface area contributed by atoms with Gasteiger partial charge >= 0.3 is 0 Å². The smallest absolute Gasteiger partial charge is 0.238 e. The second-order valence-electron chi connectivity index (χ2n) is 4.97. The number of hydrogen-bond donors (Lipinski definition) is 2. The Kier molecular flexibility index (Phi) is 7.34. The molecule has 0 aromatic heterocycles. The van der Waals surface area contributed by atoms with Crippen molar-refractivity contribution in [1.29, 1.82) is 0 Å². The van der Waals surface area contributed by atoms with Crippen molar-refractivity contribution in [2.45, 2.75) is 25.8 Å². The van der Waals surface area contributed by atoms with Crippen LogP contribution in [0.4, 0.5) is 0 Å². The number of nitrogens with one attached hydrogen (secondary N) is 1. The van der Waals surface area contributed by atoms with Gasteiger partial charge in [-0.05, 0) is 54.1 Å². The summed E-state index contributed by atoms with van der Waals surface area (Å²) in [5, 5.41) is 3.02. The van der Waals surface area contributed by atoms with Crippen molar-refractivity contribution in [1.82, 2.24) is 15.1 Å². The molecule has 0 fully saturated rings. The first kappa shape index (κ1) is 16.4. The number of primary amides is 1. The molecule has 5 nitrogen and oxygen atoms in total. The van der Waals surface area contributed by atoms with Gasteiger partial charge in [0.25, 0.3) is 0 Å². The molecule has 0 aliphatic heterocycles. The number of hydrogen-bond acceptors (Lipinski definition) is 4. The van der Waals surface area contributed by atoms with Crippen molar-refractivity contribution < 1.29 is 4.79 Å².